The fourth-order valence-corrected chi connectivity index (χ4v) is 2.48. The highest BCUT2D eigenvalue weighted by molar-refractivity contribution is 6.32. The van der Waals surface area contributed by atoms with Crippen molar-refractivity contribution in [3.8, 4) is 0 Å². The number of esters is 1. The number of benzene rings is 2. The van der Waals surface area contributed by atoms with Crippen LogP contribution in [0.25, 0.3) is 11.0 Å². The summed E-state index contributed by atoms with van der Waals surface area (Å²) < 4.78 is 10.5. The minimum atomic E-state index is -0.511. The second-order valence-electron chi connectivity index (χ2n) is 5.39. The van der Waals surface area contributed by atoms with Crippen LogP contribution in [0.5, 0.6) is 0 Å². The molecule has 2 N–H and O–H groups in total. The summed E-state index contributed by atoms with van der Waals surface area (Å²) in [6.07, 6.45) is 0. The molecular weight excluding hydrogens is 330 g/mol. The van der Waals surface area contributed by atoms with Crippen molar-refractivity contribution in [2.75, 3.05) is 5.73 Å². The number of rotatable bonds is 3. The quantitative estimate of drug-likeness (QED) is 0.445. The van der Waals surface area contributed by atoms with E-state index in [0.717, 1.165) is 5.56 Å². The topological polar surface area (TPSA) is 82.5 Å². The van der Waals surface area contributed by atoms with Gasteiger partial charge in [0.05, 0.1) is 5.56 Å². The van der Waals surface area contributed by atoms with Gasteiger partial charge >= 0.3 is 11.6 Å². The molecule has 0 unspecified atom stereocenters. The summed E-state index contributed by atoms with van der Waals surface area (Å²) in [6.45, 7) is 1.75. The van der Waals surface area contributed by atoms with Crippen LogP contribution in [0.15, 0.2) is 51.7 Å². The number of hydrogen-bond donors (Lipinski definition) is 1. The molecule has 0 aliphatic carbocycles. The molecule has 3 rings (SSSR count). The minimum absolute atomic E-state index is 0.0648. The SMILES string of the molecule is Cc1cc2oc(=O)cc(COC(=O)c3ccc(N)cc3)c2cc1Cl. The van der Waals surface area contributed by atoms with E-state index >= 15 is 0 Å². The molecule has 0 amide bonds. The first-order chi connectivity index (χ1) is 11.4. The van der Waals surface area contributed by atoms with Crippen molar-refractivity contribution in [2.24, 2.45) is 0 Å². The summed E-state index contributed by atoms with van der Waals surface area (Å²) in [5, 5.41) is 1.18. The molecule has 6 heteroatoms. The van der Waals surface area contributed by atoms with E-state index in [0.29, 0.717) is 32.8 Å². The third kappa shape index (κ3) is 3.26. The Morgan fingerprint density at radius 3 is 2.62 bits per heavy atom. The van der Waals surface area contributed by atoms with E-state index < -0.39 is 11.6 Å². The van der Waals surface area contributed by atoms with E-state index in [1.165, 1.54) is 6.07 Å². The largest absolute Gasteiger partial charge is 0.457 e. The smallest absolute Gasteiger partial charge is 0.338 e. The molecule has 0 aliphatic rings. The van der Waals surface area contributed by atoms with Gasteiger partial charge in [0.2, 0.25) is 0 Å². The number of halogens is 1. The van der Waals surface area contributed by atoms with Crippen LogP contribution in [-0.2, 0) is 11.3 Å². The summed E-state index contributed by atoms with van der Waals surface area (Å²) in [7, 11) is 0. The Hall–Kier alpha value is -2.79. The predicted octanol–water partition coefficient (Wildman–Crippen LogP) is 3.69. The molecule has 1 heterocycles. The van der Waals surface area contributed by atoms with Crippen LogP contribution in [0.1, 0.15) is 21.5 Å². The maximum Gasteiger partial charge on any atom is 0.338 e. The number of nitrogen functional groups attached to an aromatic ring is 1. The lowest BCUT2D eigenvalue weighted by atomic mass is 10.1. The Morgan fingerprint density at radius 1 is 1.21 bits per heavy atom. The number of fused-ring (bicyclic) bond motifs is 1. The molecule has 0 spiro atoms. The van der Waals surface area contributed by atoms with Crippen LogP contribution in [-0.4, -0.2) is 5.97 Å². The van der Waals surface area contributed by atoms with Crippen molar-refractivity contribution in [3.63, 3.8) is 0 Å². The number of ether oxygens (including phenoxy) is 1. The normalized spacial score (nSPS) is 10.8. The number of nitrogens with two attached hydrogens (primary N) is 1. The Labute approximate surface area is 142 Å². The Bertz CT molecular complexity index is 977. The first-order valence-corrected chi connectivity index (χ1v) is 7.57. The molecule has 3 aromatic rings. The van der Waals surface area contributed by atoms with Gasteiger partial charge < -0.3 is 14.9 Å². The summed E-state index contributed by atoms with van der Waals surface area (Å²) in [6, 6.07) is 11.1. The number of aryl methyl sites for hydroxylation is 1. The summed E-state index contributed by atoms with van der Waals surface area (Å²) in [5.41, 5.74) is 7.75. The molecule has 5 nitrogen and oxygen atoms in total. The number of carbonyl (C=O) groups excluding carboxylic acids is 1. The van der Waals surface area contributed by atoms with E-state index in [1.807, 2.05) is 6.92 Å². The van der Waals surface area contributed by atoms with Crippen molar-refractivity contribution in [1.82, 2.24) is 0 Å². The van der Waals surface area contributed by atoms with Gasteiger partial charge in [-0.05, 0) is 48.9 Å². The van der Waals surface area contributed by atoms with E-state index in [2.05, 4.69) is 0 Å². The van der Waals surface area contributed by atoms with Gasteiger partial charge in [-0.15, -0.1) is 0 Å². The second-order valence-corrected chi connectivity index (χ2v) is 5.79. The average molecular weight is 344 g/mol. The molecule has 1 aromatic heterocycles. The second kappa shape index (κ2) is 6.37. The Morgan fingerprint density at radius 2 is 1.92 bits per heavy atom. The molecule has 24 heavy (non-hydrogen) atoms. The van der Waals surface area contributed by atoms with E-state index in [9.17, 15) is 9.59 Å². The van der Waals surface area contributed by atoms with Crippen LogP contribution >= 0.6 is 11.6 Å². The summed E-state index contributed by atoms with van der Waals surface area (Å²) >= 11 is 6.13. The lowest BCUT2D eigenvalue weighted by Crippen LogP contribution is -2.08. The minimum Gasteiger partial charge on any atom is -0.457 e. The first-order valence-electron chi connectivity index (χ1n) is 7.19. The first kappa shape index (κ1) is 16.1. The van der Waals surface area contributed by atoms with Crippen LogP contribution in [0.2, 0.25) is 5.02 Å². The lowest BCUT2D eigenvalue weighted by Gasteiger charge is -2.09. The molecule has 0 radical (unpaired) electrons. The highest BCUT2D eigenvalue weighted by Gasteiger charge is 2.12. The highest BCUT2D eigenvalue weighted by atomic mass is 35.5. The van der Waals surface area contributed by atoms with Gasteiger partial charge in [-0.25, -0.2) is 9.59 Å². The van der Waals surface area contributed by atoms with Crippen LogP contribution in [0.4, 0.5) is 5.69 Å². The maximum absolute atomic E-state index is 12.1. The molecule has 2 aromatic carbocycles. The van der Waals surface area contributed by atoms with E-state index in [1.54, 1.807) is 36.4 Å². The molecule has 0 bridgehead atoms. The molecule has 0 saturated carbocycles. The maximum atomic E-state index is 12.1. The zero-order chi connectivity index (χ0) is 17.3. The fourth-order valence-electron chi connectivity index (χ4n) is 2.31. The van der Waals surface area contributed by atoms with E-state index in [-0.39, 0.29) is 6.61 Å². The third-order valence-corrected chi connectivity index (χ3v) is 4.02. The van der Waals surface area contributed by atoms with Crippen molar-refractivity contribution in [3.05, 3.63) is 74.6 Å². The van der Waals surface area contributed by atoms with Crippen molar-refractivity contribution in [2.45, 2.75) is 13.5 Å². The standard InChI is InChI=1S/C18H14ClNO4/c1-10-6-16-14(8-15(10)19)12(7-17(21)24-16)9-23-18(22)11-2-4-13(20)5-3-11/h2-8H,9,20H2,1H3. The van der Waals surface area contributed by atoms with Crippen LogP contribution < -0.4 is 11.4 Å². The van der Waals surface area contributed by atoms with Crippen LogP contribution in [0.3, 0.4) is 0 Å². The molecule has 0 saturated heterocycles. The zero-order valence-electron chi connectivity index (χ0n) is 12.8. The zero-order valence-corrected chi connectivity index (χ0v) is 13.6. The summed E-state index contributed by atoms with van der Waals surface area (Å²) in [5.74, 6) is -0.505. The third-order valence-electron chi connectivity index (χ3n) is 3.61. The van der Waals surface area contributed by atoms with Gasteiger partial charge in [0.1, 0.15) is 12.2 Å². The number of carbonyl (C=O) groups is 1. The van der Waals surface area contributed by atoms with Crippen LogP contribution in [0, 0.1) is 6.92 Å². The average Bonchev–Trinajstić information content (AvgIpc) is 2.54. The monoisotopic (exact) mass is 343 g/mol. The van der Waals surface area contributed by atoms with Gasteiger partial charge in [-0.1, -0.05) is 11.6 Å². The van der Waals surface area contributed by atoms with Gasteiger partial charge in [0.25, 0.3) is 0 Å². The van der Waals surface area contributed by atoms with Gasteiger partial charge in [-0.3, -0.25) is 0 Å². The Kier molecular flexibility index (Phi) is 4.27. The molecule has 122 valence electrons. The highest BCUT2D eigenvalue weighted by Crippen LogP contribution is 2.25. The number of hydrogen-bond acceptors (Lipinski definition) is 5. The Balaban J connectivity index is 1.89. The molecule has 0 aliphatic heterocycles. The van der Waals surface area contributed by atoms with Gasteiger partial charge in [0.15, 0.2) is 0 Å². The van der Waals surface area contributed by atoms with Gasteiger partial charge in [0, 0.05) is 27.7 Å². The number of anilines is 1. The summed E-state index contributed by atoms with van der Waals surface area (Å²) in [4.78, 5) is 23.8. The predicted molar refractivity (Wildman–Crippen MR) is 92.2 cm³/mol. The molecule has 0 fully saturated rings. The van der Waals surface area contributed by atoms with Crippen molar-refractivity contribution < 1.29 is 13.9 Å². The van der Waals surface area contributed by atoms with E-state index in [4.69, 9.17) is 26.5 Å². The van der Waals surface area contributed by atoms with Crippen molar-refractivity contribution in [1.29, 1.82) is 0 Å². The van der Waals surface area contributed by atoms with Crippen molar-refractivity contribution >= 4 is 34.2 Å². The molecular formula is C18H14ClNO4. The molecule has 0 atom stereocenters. The fraction of sp³-hybridized carbons (Fsp3) is 0.111. The lowest BCUT2D eigenvalue weighted by molar-refractivity contribution is 0.0474. The van der Waals surface area contributed by atoms with Gasteiger partial charge in [-0.2, -0.15) is 0 Å².